The van der Waals surface area contributed by atoms with Gasteiger partial charge in [0.25, 0.3) is 0 Å². The second-order valence-electron chi connectivity index (χ2n) is 9.42. The summed E-state index contributed by atoms with van der Waals surface area (Å²) in [6, 6.07) is 8.34. The van der Waals surface area contributed by atoms with Crippen LogP contribution in [0.2, 0.25) is 0 Å². The van der Waals surface area contributed by atoms with E-state index in [9.17, 15) is 0 Å². The van der Waals surface area contributed by atoms with E-state index in [-0.39, 0.29) is 5.41 Å². The number of benzene rings is 1. The Morgan fingerprint density at radius 1 is 1.00 bits per heavy atom. The first-order chi connectivity index (χ1) is 14.1. The van der Waals surface area contributed by atoms with Crippen molar-refractivity contribution in [2.24, 2.45) is 10.8 Å². The van der Waals surface area contributed by atoms with E-state index in [2.05, 4.69) is 94.7 Å². The van der Waals surface area contributed by atoms with Gasteiger partial charge in [-0.05, 0) is 41.9 Å². The summed E-state index contributed by atoms with van der Waals surface area (Å²) >= 11 is 9.68. The van der Waals surface area contributed by atoms with E-state index in [1.165, 1.54) is 17.6 Å². The summed E-state index contributed by atoms with van der Waals surface area (Å²) in [6.07, 6.45) is 13.3. The average molecular weight is 443 g/mol. The zero-order chi connectivity index (χ0) is 22.6. The van der Waals surface area contributed by atoms with Crippen LogP contribution in [0.5, 0.6) is 0 Å². The molecule has 0 radical (unpaired) electrons. The molecule has 0 unspecified atom stereocenters. The van der Waals surface area contributed by atoms with Crippen LogP contribution in [0.25, 0.3) is 0 Å². The van der Waals surface area contributed by atoms with Gasteiger partial charge in [0.2, 0.25) is 0 Å². The Morgan fingerprint density at radius 2 is 1.67 bits per heavy atom. The van der Waals surface area contributed by atoms with E-state index < -0.39 is 0 Å². The molecule has 0 aromatic heterocycles. The molecule has 0 aliphatic heterocycles. The summed E-state index contributed by atoms with van der Waals surface area (Å²) in [5.41, 5.74) is 8.58. The summed E-state index contributed by atoms with van der Waals surface area (Å²) in [6.45, 7) is 13.4. The van der Waals surface area contributed by atoms with Gasteiger partial charge in [0.05, 0.1) is 11.0 Å². The van der Waals surface area contributed by atoms with Crippen molar-refractivity contribution in [3.63, 3.8) is 0 Å². The first-order valence-corrected chi connectivity index (χ1v) is 11.7. The summed E-state index contributed by atoms with van der Waals surface area (Å²) < 4.78 is 0. The van der Waals surface area contributed by atoms with Gasteiger partial charge in [-0.1, -0.05) is 115 Å². The maximum Gasteiger partial charge on any atom is 0.0659 e. The highest BCUT2D eigenvalue weighted by Crippen LogP contribution is 2.27. The van der Waals surface area contributed by atoms with Gasteiger partial charge in [-0.15, -0.1) is 0 Å². The highest BCUT2D eigenvalue weighted by molar-refractivity contribution is 7.79. The maximum atomic E-state index is 4.86. The molecule has 30 heavy (non-hydrogen) atoms. The van der Waals surface area contributed by atoms with Crippen molar-refractivity contribution in [1.82, 2.24) is 5.32 Å². The Morgan fingerprint density at radius 3 is 2.27 bits per heavy atom. The minimum absolute atomic E-state index is 0.0899. The lowest BCUT2D eigenvalue weighted by Crippen LogP contribution is -2.14. The van der Waals surface area contributed by atoms with Crippen molar-refractivity contribution < 1.29 is 0 Å². The average Bonchev–Trinajstić information content (AvgIpc) is 2.80. The van der Waals surface area contributed by atoms with Gasteiger partial charge < -0.3 is 10.6 Å². The monoisotopic (exact) mass is 442 g/mol. The first-order valence-electron chi connectivity index (χ1n) is 10.7. The van der Waals surface area contributed by atoms with Gasteiger partial charge in [-0.25, -0.2) is 0 Å². The number of allylic oxidation sites excluding steroid dienone is 5. The molecule has 0 heterocycles. The van der Waals surface area contributed by atoms with Crippen molar-refractivity contribution in [1.29, 1.82) is 0 Å². The Labute approximate surface area is 194 Å². The van der Waals surface area contributed by atoms with E-state index >= 15 is 0 Å². The molecule has 0 saturated heterocycles. The molecule has 2 nitrogen and oxygen atoms in total. The minimum Gasteiger partial charge on any atom is -0.353 e. The van der Waals surface area contributed by atoms with Crippen LogP contribution in [-0.4, -0.2) is 11.0 Å². The number of rotatable bonds is 8. The molecule has 0 atom stereocenters. The Hall–Kier alpha value is -1.78. The number of nitrogens with one attached hydrogen (secondary N) is 2. The molecule has 0 fully saturated rings. The molecule has 164 valence electrons. The van der Waals surface area contributed by atoms with Crippen molar-refractivity contribution >= 4 is 41.1 Å². The molecule has 0 spiro atoms. The minimum atomic E-state index is 0.0899. The lowest BCUT2D eigenvalue weighted by Gasteiger charge is -2.18. The van der Waals surface area contributed by atoms with Crippen molar-refractivity contribution in [3.05, 3.63) is 65.4 Å². The number of thiocarbonyl (C=S) groups is 2. The summed E-state index contributed by atoms with van der Waals surface area (Å²) in [7, 11) is 0. The van der Waals surface area contributed by atoms with Crippen LogP contribution < -0.4 is 10.6 Å². The van der Waals surface area contributed by atoms with E-state index in [0.717, 1.165) is 30.6 Å². The third-order valence-electron chi connectivity index (χ3n) is 4.80. The van der Waals surface area contributed by atoms with Crippen LogP contribution in [0.4, 0.5) is 5.69 Å². The van der Waals surface area contributed by atoms with Gasteiger partial charge in [-0.2, -0.15) is 0 Å². The molecule has 1 aliphatic rings. The predicted octanol–water partition coefficient (Wildman–Crippen LogP) is 7.77. The summed E-state index contributed by atoms with van der Waals surface area (Å²) in [5.74, 6) is 0. The highest BCUT2D eigenvalue weighted by Gasteiger charge is 2.15. The Bertz CT molecular complexity index is 780. The van der Waals surface area contributed by atoms with E-state index in [1.54, 1.807) is 11.0 Å². The second kappa shape index (κ2) is 12.8. The zero-order valence-corrected chi connectivity index (χ0v) is 21.1. The zero-order valence-electron chi connectivity index (χ0n) is 19.4. The fourth-order valence-corrected chi connectivity index (χ4v) is 3.41. The van der Waals surface area contributed by atoms with Gasteiger partial charge in [-0.3, -0.25) is 0 Å². The van der Waals surface area contributed by atoms with E-state index in [0.29, 0.717) is 5.41 Å². The van der Waals surface area contributed by atoms with Crippen LogP contribution in [0.1, 0.15) is 66.4 Å². The van der Waals surface area contributed by atoms with E-state index in [1.807, 2.05) is 6.07 Å². The first kappa shape index (κ1) is 26.3. The number of hydrogen-bond acceptors (Lipinski definition) is 2. The lowest BCUT2D eigenvalue weighted by molar-refractivity contribution is 0.378. The van der Waals surface area contributed by atoms with Gasteiger partial charge in [0, 0.05) is 16.8 Å². The third kappa shape index (κ3) is 10.3. The molecule has 1 aromatic carbocycles. The smallest absolute Gasteiger partial charge is 0.0659 e. The normalized spacial score (nSPS) is 15.0. The Kier molecular flexibility index (Phi) is 11.2. The number of hydrogen-bond donors (Lipinski definition) is 2. The van der Waals surface area contributed by atoms with Crippen molar-refractivity contribution in [2.75, 3.05) is 5.32 Å². The predicted molar refractivity (Wildman–Crippen MR) is 142 cm³/mol. The van der Waals surface area contributed by atoms with Crippen LogP contribution in [0, 0.1) is 10.8 Å². The molecule has 0 bridgehead atoms. The molecule has 1 aliphatic carbocycles. The highest BCUT2D eigenvalue weighted by atomic mass is 32.1. The van der Waals surface area contributed by atoms with Gasteiger partial charge in [0.15, 0.2) is 0 Å². The number of aryl methyl sites for hydroxylation is 1. The summed E-state index contributed by atoms with van der Waals surface area (Å²) in [5, 5.41) is 6.26. The van der Waals surface area contributed by atoms with Crippen LogP contribution in [0.3, 0.4) is 0 Å². The van der Waals surface area contributed by atoms with Crippen molar-refractivity contribution in [2.45, 2.75) is 67.2 Å². The topological polar surface area (TPSA) is 24.1 Å². The SMILES string of the molecule is CC(C)(C)CCc1ccccc1NC=S.CCCC1=CC=CC(C)(C)C=C1NC=S. The lowest BCUT2D eigenvalue weighted by atomic mass is 9.88. The van der Waals surface area contributed by atoms with Crippen LogP contribution in [-0.2, 0) is 6.42 Å². The summed E-state index contributed by atoms with van der Waals surface area (Å²) in [4.78, 5) is 0. The molecule has 2 N–H and O–H groups in total. The largest absolute Gasteiger partial charge is 0.353 e. The molecule has 1 aromatic rings. The molecular formula is C26H38N2S2. The molecule has 4 heteroatoms. The third-order valence-corrected chi connectivity index (χ3v) is 5.03. The second-order valence-corrected chi connectivity index (χ2v) is 9.89. The fraction of sp³-hybridized carbons (Fsp3) is 0.462. The Balaban J connectivity index is 0.000000300. The molecule has 0 saturated carbocycles. The molecular weight excluding hydrogens is 404 g/mol. The number of anilines is 1. The number of para-hydroxylation sites is 1. The maximum absolute atomic E-state index is 4.86. The van der Waals surface area contributed by atoms with E-state index in [4.69, 9.17) is 24.4 Å². The van der Waals surface area contributed by atoms with Crippen molar-refractivity contribution in [3.8, 4) is 0 Å². The quantitative estimate of drug-likeness (QED) is 0.401. The molecule has 2 rings (SSSR count). The molecule has 0 amide bonds. The van der Waals surface area contributed by atoms with Crippen LogP contribution in [0.15, 0.2) is 59.8 Å². The van der Waals surface area contributed by atoms with Gasteiger partial charge >= 0.3 is 0 Å². The van der Waals surface area contributed by atoms with Crippen LogP contribution >= 0.6 is 24.4 Å². The fourth-order valence-electron chi connectivity index (χ4n) is 3.15. The van der Waals surface area contributed by atoms with Gasteiger partial charge in [0.1, 0.15) is 0 Å². The standard InChI is InChI=1S/2C13H19NS/c1-13(2,3)9-8-11-6-4-5-7-12(11)14-10-15;1-4-6-11-7-5-8-13(2,3)9-12(11)14-10-15/h4-7,10H,8-9H2,1-3H3,(H,14,15);5,7-10H,4,6H2,1-3H3,(H,14,15).